The van der Waals surface area contributed by atoms with Gasteiger partial charge in [0.2, 0.25) is 0 Å². The number of carbonyl (C=O) groups is 1. The van der Waals surface area contributed by atoms with E-state index in [1.54, 1.807) is 0 Å². The molecular weight excluding hydrogens is 148 g/mol. The van der Waals surface area contributed by atoms with E-state index in [1.807, 2.05) is 0 Å². The Morgan fingerprint density at radius 1 is 1.17 bits per heavy atom. The molecule has 0 N–H and O–H groups in total. The molecule has 1 nitrogen and oxygen atoms in total. The van der Waals surface area contributed by atoms with E-state index in [0.29, 0.717) is 11.8 Å². The van der Waals surface area contributed by atoms with Crippen LogP contribution in [0, 0.1) is 24.2 Å². The predicted octanol–water partition coefficient (Wildman–Crippen LogP) is 2.61. The molecule has 0 amide bonds. The van der Waals surface area contributed by atoms with Crippen molar-refractivity contribution in [1.29, 1.82) is 0 Å². The van der Waals surface area contributed by atoms with Crippen LogP contribution < -0.4 is 0 Å². The minimum Gasteiger partial charge on any atom is -0.303 e. The van der Waals surface area contributed by atoms with Gasteiger partial charge >= 0.3 is 0 Å². The molecule has 2 aliphatic carbocycles. The molecule has 12 heavy (non-hydrogen) atoms. The van der Waals surface area contributed by atoms with E-state index in [9.17, 15) is 4.79 Å². The molecule has 2 fully saturated rings. The second kappa shape index (κ2) is 3.59. The molecule has 1 heteroatoms. The van der Waals surface area contributed by atoms with Gasteiger partial charge in [-0.1, -0.05) is 19.3 Å². The minimum atomic E-state index is 0.295. The van der Waals surface area contributed by atoms with Crippen molar-refractivity contribution >= 4 is 6.29 Å². The number of carbonyl (C=O) groups excluding carboxylic acids is 1. The van der Waals surface area contributed by atoms with E-state index in [-0.39, 0.29) is 0 Å². The van der Waals surface area contributed by atoms with Crippen molar-refractivity contribution in [2.75, 3.05) is 0 Å². The molecule has 67 valence electrons. The average molecular weight is 165 g/mol. The second-order valence-electron chi connectivity index (χ2n) is 4.23. The maximum absolute atomic E-state index is 10.8. The number of rotatable bonds is 1. The van der Waals surface area contributed by atoms with Crippen LogP contribution in [0.2, 0.25) is 0 Å². The van der Waals surface area contributed by atoms with Gasteiger partial charge in [0.05, 0.1) is 0 Å². The van der Waals surface area contributed by atoms with Gasteiger partial charge in [0, 0.05) is 5.92 Å². The normalized spacial score (nSPS) is 41.8. The van der Waals surface area contributed by atoms with Gasteiger partial charge < -0.3 is 4.79 Å². The van der Waals surface area contributed by atoms with Crippen LogP contribution in [0.5, 0.6) is 0 Å². The summed E-state index contributed by atoms with van der Waals surface area (Å²) in [6, 6.07) is 0. The van der Waals surface area contributed by atoms with Crippen LogP contribution in [-0.4, -0.2) is 6.29 Å². The molecule has 0 aromatic rings. The van der Waals surface area contributed by atoms with Gasteiger partial charge in [0.15, 0.2) is 0 Å². The summed E-state index contributed by atoms with van der Waals surface area (Å²) in [5.41, 5.74) is 0. The minimum absolute atomic E-state index is 0.295. The monoisotopic (exact) mass is 165 g/mol. The SMILES string of the molecule is O=CC1[CH]CCC2CCCCC12. The van der Waals surface area contributed by atoms with Crippen molar-refractivity contribution in [1.82, 2.24) is 0 Å². The van der Waals surface area contributed by atoms with Crippen LogP contribution >= 0.6 is 0 Å². The van der Waals surface area contributed by atoms with E-state index in [2.05, 4.69) is 6.42 Å². The molecular formula is C11H17O. The molecule has 1 radical (unpaired) electrons. The molecule has 0 aromatic carbocycles. The Labute approximate surface area is 74.5 Å². The highest BCUT2D eigenvalue weighted by Gasteiger charge is 2.34. The van der Waals surface area contributed by atoms with Crippen molar-refractivity contribution in [2.24, 2.45) is 17.8 Å². The third-order valence-corrected chi connectivity index (χ3v) is 3.60. The number of fused-ring (bicyclic) bond motifs is 1. The summed E-state index contributed by atoms with van der Waals surface area (Å²) in [6.45, 7) is 0. The molecule has 3 atom stereocenters. The van der Waals surface area contributed by atoms with Gasteiger partial charge in [-0.3, -0.25) is 0 Å². The molecule has 0 spiro atoms. The summed E-state index contributed by atoms with van der Waals surface area (Å²) in [5.74, 6) is 1.88. The zero-order valence-electron chi connectivity index (χ0n) is 7.54. The maximum atomic E-state index is 10.8. The number of hydrogen-bond acceptors (Lipinski definition) is 1. The smallest absolute Gasteiger partial charge is 0.123 e. The molecule has 2 aliphatic rings. The van der Waals surface area contributed by atoms with Gasteiger partial charge in [0.25, 0.3) is 0 Å². The lowest BCUT2D eigenvalue weighted by Crippen LogP contribution is -2.32. The molecule has 0 aliphatic heterocycles. The largest absolute Gasteiger partial charge is 0.303 e. The van der Waals surface area contributed by atoms with E-state index in [1.165, 1.54) is 44.8 Å². The van der Waals surface area contributed by atoms with Crippen molar-refractivity contribution < 1.29 is 4.79 Å². The lowest BCUT2D eigenvalue weighted by Gasteiger charge is -2.38. The second-order valence-corrected chi connectivity index (χ2v) is 4.23. The van der Waals surface area contributed by atoms with Crippen LogP contribution in [0.3, 0.4) is 0 Å². The summed E-state index contributed by atoms with van der Waals surface area (Å²) < 4.78 is 0. The van der Waals surface area contributed by atoms with Crippen molar-refractivity contribution in [3.63, 3.8) is 0 Å². The molecule has 0 bridgehead atoms. The first-order valence-corrected chi connectivity index (χ1v) is 5.20. The summed E-state index contributed by atoms with van der Waals surface area (Å²) in [7, 11) is 0. The van der Waals surface area contributed by atoms with Crippen LogP contribution in [0.15, 0.2) is 0 Å². The standard InChI is InChI=1S/C11H17O/c12-8-10-6-3-5-9-4-1-2-7-11(9)10/h6,8-11H,1-5,7H2. The molecule has 0 heterocycles. The number of aldehydes is 1. The number of hydrogen-bond donors (Lipinski definition) is 0. The Hall–Kier alpha value is -0.330. The van der Waals surface area contributed by atoms with Gasteiger partial charge in [0.1, 0.15) is 6.29 Å². The van der Waals surface area contributed by atoms with Gasteiger partial charge in [-0.2, -0.15) is 0 Å². The van der Waals surface area contributed by atoms with Crippen LogP contribution in [0.25, 0.3) is 0 Å². The van der Waals surface area contributed by atoms with Crippen molar-refractivity contribution in [2.45, 2.75) is 38.5 Å². The van der Waals surface area contributed by atoms with Crippen molar-refractivity contribution in [3.05, 3.63) is 6.42 Å². The molecule has 0 aromatic heterocycles. The Morgan fingerprint density at radius 2 is 2.00 bits per heavy atom. The molecule has 3 unspecified atom stereocenters. The summed E-state index contributed by atoms with van der Waals surface area (Å²) in [6.07, 6.45) is 11.3. The Bertz CT molecular complexity index is 162. The summed E-state index contributed by atoms with van der Waals surface area (Å²) >= 11 is 0. The van der Waals surface area contributed by atoms with Gasteiger partial charge in [-0.25, -0.2) is 0 Å². The highest BCUT2D eigenvalue weighted by atomic mass is 16.1. The zero-order chi connectivity index (χ0) is 8.39. The molecule has 0 saturated heterocycles. The lowest BCUT2D eigenvalue weighted by molar-refractivity contribution is -0.113. The first-order valence-electron chi connectivity index (χ1n) is 5.20. The zero-order valence-corrected chi connectivity index (χ0v) is 7.54. The fraction of sp³-hybridized carbons (Fsp3) is 0.818. The quantitative estimate of drug-likeness (QED) is 0.546. The Balaban J connectivity index is 2.03. The van der Waals surface area contributed by atoms with E-state index in [4.69, 9.17) is 0 Å². The van der Waals surface area contributed by atoms with Gasteiger partial charge in [-0.05, 0) is 37.5 Å². The Morgan fingerprint density at radius 3 is 2.83 bits per heavy atom. The topological polar surface area (TPSA) is 17.1 Å². The highest BCUT2D eigenvalue weighted by molar-refractivity contribution is 5.56. The molecule has 2 saturated carbocycles. The fourth-order valence-corrected chi connectivity index (χ4v) is 2.94. The van der Waals surface area contributed by atoms with Crippen LogP contribution in [0.4, 0.5) is 0 Å². The highest BCUT2D eigenvalue weighted by Crippen LogP contribution is 2.42. The van der Waals surface area contributed by atoms with Crippen LogP contribution in [0.1, 0.15) is 38.5 Å². The van der Waals surface area contributed by atoms with E-state index < -0.39 is 0 Å². The third-order valence-electron chi connectivity index (χ3n) is 3.60. The van der Waals surface area contributed by atoms with E-state index >= 15 is 0 Å². The Kier molecular flexibility index (Phi) is 2.48. The fourth-order valence-electron chi connectivity index (χ4n) is 2.94. The molecule has 2 rings (SSSR count). The first-order chi connectivity index (χ1) is 5.92. The average Bonchev–Trinajstić information content (AvgIpc) is 2.17. The third kappa shape index (κ3) is 1.41. The van der Waals surface area contributed by atoms with Crippen LogP contribution in [-0.2, 0) is 4.79 Å². The maximum Gasteiger partial charge on any atom is 0.123 e. The van der Waals surface area contributed by atoms with Crippen molar-refractivity contribution in [3.8, 4) is 0 Å². The predicted molar refractivity (Wildman–Crippen MR) is 48.5 cm³/mol. The first kappa shape index (κ1) is 8.28. The van der Waals surface area contributed by atoms with Gasteiger partial charge in [-0.15, -0.1) is 0 Å². The lowest BCUT2D eigenvalue weighted by atomic mass is 9.66. The van der Waals surface area contributed by atoms with E-state index in [0.717, 1.165) is 5.92 Å². The summed E-state index contributed by atoms with van der Waals surface area (Å²) in [4.78, 5) is 10.8. The summed E-state index contributed by atoms with van der Waals surface area (Å²) in [5, 5.41) is 0.